The number of nitrogens with zero attached hydrogens (tertiary/aromatic N) is 1. The fourth-order valence-electron chi connectivity index (χ4n) is 4.08. The smallest absolute Gasteiger partial charge is 0.412 e. The van der Waals surface area contributed by atoms with Crippen molar-refractivity contribution in [1.82, 2.24) is 10.2 Å². The number of amides is 1. The second kappa shape index (κ2) is 3.85. The van der Waals surface area contributed by atoms with Crippen molar-refractivity contribution in [3.8, 4) is 0 Å². The van der Waals surface area contributed by atoms with Gasteiger partial charge < -0.3 is 15.2 Å². The molecule has 0 unspecified atom stereocenters. The fraction of sp³-hybridized carbons (Fsp3) is 0.929. The van der Waals surface area contributed by atoms with Crippen LogP contribution in [0, 0.1) is 0 Å². The maximum absolute atomic E-state index is 12.0. The maximum atomic E-state index is 12.0. The Morgan fingerprint density at radius 3 is 2.05 bits per heavy atom. The zero-order valence-electron chi connectivity index (χ0n) is 12.8. The molecule has 2 saturated heterocycles. The summed E-state index contributed by atoms with van der Waals surface area (Å²) < 4.78 is 5.68. The van der Waals surface area contributed by atoms with Crippen molar-refractivity contribution in [2.75, 3.05) is 6.54 Å². The number of ether oxygens (including phenoxy) is 1. The Morgan fingerprint density at radius 1 is 1.21 bits per heavy atom. The largest absolute Gasteiger partial charge is 0.437 e. The van der Waals surface area contributed by atoms with Crippen molar-refractivity contribution < 1.29 is 14.6 Å². The molecule has 2 fully saturated rings. The molecule has 0 aromatic heterocycles. The summed E-state index contributed by atoms with van der Waals surface area (Å²) in [6.45, 7) is 12.3. The van der Waals surface area contributed by atoms with Crippen molar-refractivity contribution in [3.63, 3.8) is 0 Å². The highest BCUT2D eigenvalue weighted by molar-refractivity contribution is 5.72. The third-order valence-corrected chi connectivity index (χ3v) is 4.34. The van der Waals surface area contributed by atoms with Crippen molar-refractivity contribution >= 4 is 6.09 Å². The van der Waals surface area contributed by atoms with Gasteiger partial charge in [0, 0.05) is 30.5 Å². The van der Waals surface area contributed by atoms with Gasteiger partial charge in [-0.25, -0.2) is 4.79 Å². The van der Waals surface area contributed by atoms with Crippen LogP contribution in [0.15, 0.2) is 0 Å². The number of aliphatic hydroxyl groups is 1. The quantitative estimate of drug-likeness (QED) is 0.763. The van der Waals surface area contributed by atoms with Gasteiger partial charge in [-0.15, -0.1) is 0 Å². The van der Waals surface area contributed by atoms with Gasteiger partial charge in [0.15, 0.2) is 11.3 Å². The van der Waals surface area contributed by atoms with Crippen LogP contribution >= 0.6 is 0 Å². The number of hydrogen-bond acceptors (Lipinski definition) is 4. The average molecular weight is 270 g/mol. The number of hydrogen-bond donors (Lipinski definition) is 2. The number of carbonyl (C=O) groups is 1. The Hall–Kier alpha value is -0.810. The molecule has 2 aliphatic rings. The van der Waals surface area contributed by atoms with Crippen LogP contribution < -0.4 is 5.32 Å². The van der Waals surface area contributed by atoms with E-state index in [2.05, 4.69) is 33.0 Å². The summed E-state index contributed by atoms with van der Waals surface area (Å²) in [6, 6.07) is 0. The average Bonchev–Trinajstić information content (AvgIpc) is 2.27. The second-order valence-electron chi connectivity index (χ2n) is 7.37. The van der Waals surface area contributed by atoms with Gasteiger partial charge in [-0.3, -0.25) is 4.90 Å². The first-order chi connectivity index (χ1) is 8.45. The molecule has 110 valence electrons. The van der Waals surface area contributed by atoms with Gasteiger partial charge in [-0.2, -0.15) is 0 Å². The topological polar surface area (TPSA) is 61.8 Å². The summed E-state index contributed by atoms with van der Waals surface area (Å²) in [5.74, 6) is 0. The number of nitrogens with one attached hydrogen (secondary N) is 1. The van der Waals surface area contributed by atoms with Crippen LogP contribution in [0.25, 0.3) is 0 Å². The van der Waals surface area contributed by atoms with Crippen LogP contribution in [-0.2, 0) is 4.74 Å². The monoisotopic (exact) mass is 270 g/mol. The first-order valence-electron chi connectivity index (χ1n) is 6.97. The second-order valence-corrected chi connectivity index (χ2v) is 7.37. The lowest BCUT2D eigenvalue weighted by Crippen LogP contribution is -2.70. The zero-order valence-corrected chi connectivity index (χ0v) is 12.8. The molecule has 0 aromatic carbocycles. The van der Waals surface area contributed by atoms with E-state index < -0.39 is 17.4 Å². The predicted molar refractivity (Wildman–Crippen MR) is 72.7 cm³/mol. The minimum Gasteiger partial charge on any atom is -0.437 e. The first kappa shape index (κ1) is 14.6. The summed E-state index contributed by atoms with van der Waals surface area (Å²) in [4.78, 5) is 13.5. The van der Waals surface area contributed by atoms with Gasteiger partial charge in [0.05, 0.1) is 0 Å². The molecule has 1 spiro atoms. The maximum Gasteiger partial charge on any atom is 0.412 e. The van der Waals surface area contributed by atoms with Crippen LogP contribution in [0.1, 0.15) is 54.4 Å². The summed E-state index contributed by atoms with van der Waals surface area (Å²) in [5, 5.41) is 14.5. The van der Waals surface area contributed by atoms with E-state index in [-0.39, 0.29) is 11.1 Å². The number of likely N-dealkylation sites (N-methyl/N-ethyl adjacent to an activating group) is 1. The SMILES string of the molecule is CCN1C(=O)OC2(CC(C)(C)NC(C)(C)C2)[C@@]1(C)O. The van der Waals surface area contributed by atoms with E-state index in [4.69, 9.17) is 4.74 Å². The lowest BCUT2D eigenvalue weighted by atomic mass is 9.68. The van der Waals surface area contributed by atoms with Crippen LogP contribution in [0.5, 0.6) is 0 Å². The van der Waals surface area contributed by atoms with Crippen molar-refractivity contribution in [2.45, 2.75) is 76.8 Å². The number of piperidine rings is 1. The predicted octanol–water partition coefficient (Wildman–Crippen LogP) is 1.85. The Kier molecular flexibility index (Phi) is 2.96. The Morgan fingerprint density at radius 2 is 1.68 bits per heavy atom. The van der Waals surface area contributed by atoms with Gasteiger partial charge in [-0.1, -0.05) is 0 Å². The lowest BCUT2D eigenvalue weighted by Gasteiger charge is -2.53. The third-order valence-electron chi connectivity index (χ3n) is 4.34. The fourth-order valence-corrected chi connectivity index (χ4v) is 4.08. The normalized spacial score (nSPS) is 35.5. The Bertz CT molecular complexity index is 385. The van der Waals surface area contributed by atoms with E-state index in [0.717, 1.165) is 0 Å². The van der Waals surface area contributed by atoms with Gasteiger partial charge >= 0.3 is 6.09 Å². The van der Waals surface area contributed by atoms with E-state index in [1.54, 1.807) is 6.92 Å². The molecule has 2 N–H and O–H groups in total. The molecule has 0 saturated carbocycles. The molecule has 5 heteroatoms. The summed E-state index contributed by atoms with van der Waals surface area (Å²) in [7, 11) is 0. The summed E-state index contributed by atoms with van der Waals surface area (Å²) in [6.07, 6.45) is 0.776. The van der Waals surface area contributed by atoms with E-state index in [1.807, 2.05) is 6.92 Å². The molecule has 0 aliphatic carbocycles. The molecule has 0 radical (unpaired) electrons. The van der Waals surface area contributed by atoms with E-state index in [9.17, 15) is 9.90 Å². The number of rotatable bonds is 1. The molecule has 1 amide bonds. The van der Waals surface area contributed by atoms with Gasteiger partial charge in [0.1, 0.15) is 0 Å². The molecule has 5 nitrogen and oxygen atoms in total. The Labute approximate surface area is 115 Å². The Balaban J connectivity index is 2.45. The van der Waals surface area contributed by atoms with Crippen molar-refractivity contribution in [2.24, 2.45) is 0 Å². The molecule has 1 atom stereocenters. The van der Waals surface area contributed by atoms with Gasteiger partial charge in [0.25, 0.3) is 0 Å². The van der Waals surface area contributed by atoms with Gasteiger partial charge in [-0.05, 0) is 41.5 Å². The molecule has 0 bridgehead atoms. The number of carbonyl (C=O) groups excluding carboxylic acids is 1. The van der Waals surface area contributed by atoms with E-state index in [1.165, 1.54) is 4.90 Å². The third kappa shape index (κ3) is 2.13. The lowest BCUT2D eigenvalue weighted by molar-refractivity contribution is -0.179. The van der Waals surface area contributed by atoms with E-state index >= 15 is 0 Å². The van der Waals surface area contributed by atoms with Crippen LogP contribution in [0.3, 0.4) is 0 Å². The first-order valence-corrected chi connectivity index (χ1v) is 6.97. The zero-order chi connectivity index (χ0) is 14.7. The molecular weight excluding hydrogens is 244 g/mol. The van der Waals surface area contributed by atoms with Crippen LogP contribution in [0.4, 0.5) is 4.79 Å². The highest BCUT2D eigenvalue weighted by Gasteiger charge is 2.66. The van der Waals surface area contributed by atoms with Crippen molar-refractivity contribution in [3.05, 3.63) is 0 Å². The highest BCUT2D eigenvalue weighted by Crippen LogP contribution is 2.49. The highest BCUT2D eigenvalue weighted by atomic mass is 16.6. The van der Waals surface area contributed by atoms with E-state index in [0.29, 0.717) is 19.4 Å². The van der Waals surface area contributed by atoms with Crippen LogP contribution in [0.2, 0.25) is 0 Å². The summed E-state index contributed by atoms with van der Waals surface area (Å²) >= 11 is 0. The van der Waals surface area contributed by atoms with Crippen LogP contribution in [-0.4, -0.2) is 45.0 Å². The molecular formula is C14H26N2O3. The standard InChI is InChI=1S/C14H26N2O3/c1-7-16-10(17)19-14(13(16,6)18)8-11(2,3)15-12(4,5)9-14/h15,18H,7-9H2,1-6H3/t13-/m1/s1. The molecule has 2 rings (SSSR count). The minimum atomic E-state index is -1.27. The van der Waals surface area contributed by atoms with Crippen molar-refractivity contribution in [1.29, 1.82) is 0 Å². The van der Waals surface area contributed by atoms with Gasteiger partial charge in [0.2, 0.25) is 0 Å². The molecule has 19 heavy (non-hydrogen) atoms. The minimum absolute atomic E-state index is 0.199. The molecule has 2 heterocycles. The molecule has 2 aliphatic heterocycles. The molecule has 0 aromatic rings. The summed E-state index contributed by atoms with van der Waals surface area (Å²) in [5.41, 5.74) is -2.51.